The number of nitrogens with zero attached hydrogens (tertiary/aromatic N) is 1. The zero-order valence-corrected chi connectivity index (χ0v) is 13.2. The van der Waals surface area contributed by atoms with Gasteiger partial charge in [0, 0.05) is 19.4 Å². The van der Waals surface area contributed by atoms with Crippen LogP contribution in [0.15, 0.2) is 23.3 Å². The van der Waals surface area contributed by atoms with Gasteiger partial charge in [-0.1, -0.05) is 6.07 Å². The predicted molar refractivity (Wildman–Crippen MR) is 83.7 cm³/mol. The molecule has 1 aromatic carbocycles. The number of hydrogen-bond acceptors (Lipinski definition) is 4. The minimum atomic E-state index is -0.415. The molecule has 0 aliphatic carbocycles. The third-order valence-corrected chi connectivity index (χ3v) is 3.22. The molecule has 1 aliphatic rings. The Hall–Kier alpha value is -2.44. The van der Waals surface area contributed by atoms with Gasteiger partial charge in [0.05, 0.1) is 6.10 Å². The summed E-state index contributed by atoms with van der Waals surface area (Å²) in [5, 5.41) is 6.43. The summed E-state index contributed by atoms with van der Waals surface area (Å²) in [6.45, 7) is 4.02. The summed E-state index contributed by atoms with van der Waals surface area (Å²) in [7, 11) is 0. The molecular weight excluding hydrogens is 301 g/mol. The summed E-state index contributed by atoms with van der Waals surface area (Å²) < 4.78 is 19.2. The highest BCUT2D eigenvalue weighted by Gasteiger charge is 2.17. The van der Waals surface area contributed by atoms with Gasteiger partial charge in [0.1, 0.15) is 5.71 Å². The first-order valence-corrected chi connectivity index (χ1v) is 7.54. The first-order chi connectivity index (χ1) is 11.0. The van der Waals surface area contributed by atoms with E-state index in [0.29, 0.717) is 25.1 Å². The van der Waals surface area contributed by atoms with Crippen molar-refractivity contribution in [2.24, 2.45) is 5.10 Å². The van der Waals surface area contributed by atoms with Crippen molar-refractivity contribution in [3.63, 3.8) is 0 Å². The van der Waals surface area contributed by atoms with Gasteiger partial charge in [-0.2, -0.15) is 5.10 Å². The van der Waals surface area contributed by atoms with Gasteiger partial charge >= 0.3 is 0 Å². The SMILES string of the molecule is CC(C)Oc1ccc(CCNC(=O)C2=NNC(=O)CC2)cc1F. The van der Waals surface area contributed by atoms with Crippen LogP contribution in [0, 0.1) is 5.82 Å². The normalized spacial score (nSPS) is 14.3. The second-order valence-corrected chi connectivity index (χ2v) is 5.53. The van der Waals surface area contributed by atoms with Crippen LogP contribution in [0.1, 0.15) is 32.3 Å². The highest BCUT2D eigenvalue weighted by atomic mass is 19.1. The van der Waals surface area contributed by atoms with Crippen molar-refractivity contribution in [1.29, 1.82) is 0 Å². The van der Waals surface area contributed by atoms with E-state index in [2.05, 4.69) is 15.8 Å². The lowest BCUT2D eigenvalue weighted by molar-refractivity contribution is -0.121. The third-order valence-electron chi connectivity index (χ3n) is 3.22. The Bertz CT molecular complexity index is 629. The minimum absolute atomic E-state index is 0.0913. The molecule has 1 aliphatic heterocycles. The Balaban J connectivity index is 1.83. The highest BCUT2D eigenvalue weighted by Crippen LogP contribution is 2.19. The first kappa shape index (κ1) is 16.9. The lowest BCUT2D eigenvalue weighted by atomic mass is 10.1. The molecule has 0 atom stereocenters. The van der Waals surface area contributed by atoms with Gasteiger partial charge in [-0.15, -0.1) is 0 Å². The fraction of sp³-hybridized carbons (Fsp3) is 0.438. The van der Waals surface area contributed by atoms with Crippen molar-refractivity contribution in [3.8, 4) is 5.75 Å². The Morgan fingerprint density at radius 3 is 2.83 bits per heavy atom. The summed E-state index contributed by atoms with van der Waals surface area (Å²) in [4.78, 5) is 22.8. The lowest BCUT2D eigenvalue weighted by Gasteiger charge is -2.13. The summed E-state index contributed by atoms with van der Waals surface area (Å²) in [5.74, 6) is -0.701. The maximum absolute atomic E-state index is 13.9. The topological polar surface area (TPSA) is 79.8 Å². The number of benzene rings is 1. The maximum Gasteiger partial charge on any atom is 0.267 e. The molecule has 0 saturated carbocycles. The van der Waals surface area contributed by atoms with Gasteiger partial charge in [0.15, 0.2) is 11.6 Å². The van der Waals surface area contributed by atoms with Crippen molar-refractivity contribution in [2.45, 2.75) is 39.2 Å². The molecule has 0 unspecified atom stereocenters. The van der Waals surface area contributed by atoms with E-state index in [1.165, 1.54) is 6.07 Å². The average molecular weight is 321 g/mol. The van der Waals surface area contributed by atoms with Crippen molar-refractivity contribution in [3.05, 3.63) is 29.6 Å². The predicted octanol–water partition coefficient (Wildman–Crippen LogP) is 1.54. The van der Waals surface area contributed by atoms with E-state index in [9.17, 15) is 14.0 Å². The van der Waals surface area contributed by atoms with Crippen molar-refractivity contribution < 1.29 is 18.7 Å². The molecular formula is C16H20FN3O3. The number of hydrazone groups is 1. The van der Waals surface area contributed by atoms with E-state index in [1.54, 1.807) is 12.1 Å². The van der Waals surface area contributed by atoms with E-state index in [-0.39, 0.29) is 30.1 Å². The second kappa shape index (κ2) is 7.71. The van der Waals surface area contributed by atoms with Gasteiger partial charge < -0.3 is 10.1 Å². The quantitative estimate of drug-likeness (QED) is 0.834. The van der Waals surface area contributed by atoms with E-state index in [1.807, 2.05) is 13.8 Å². The number of amides is 2. The summed E-state index contributed by atoms with van der Waals surface area (Å²) in [5.41, 5.74) is 3.34. The van der Waals surface area contributed by atoms with Crippen LogP contribution in [0.3, 0.4) is 0 Å². The summed E-state index contributed by atoms with van der Waals surface area (Å²) >= 11 is 0. The average Bonchev–Trinajstić information content (AvgIpc) is 2.50. The molecule has 1 aromatic rings. The number of carbonyl (C=O) groups is 2. The number of carbonyl (C=O) groups excluding carboxylic acids is 2. The van der Waals surface area contributed by atoms with E-state index < -0.39 is 5.82 Å². The largest absolute Gasteiger partial charge is 0.488 e. The number of rotatable bonds is 6. The fourth-order valence-electron chi connectivity index (χ4n) is 2.11. The van der Waals surface area contributed by atoms with Crippen LogP contribution in [0.2, 0.25) is 0 Å². The molecule has 0 fully saturated rings. The smallest absolute Gasteiger partial charge is 0.267 e. The molecule has 0 spiro atoms. The van der Waals surface area contributed by atoms with Gasteiger partial charge in [-0.25, -0.2) is 9.82 Å². The molecule has 2 rings (SSSR count). The van der Waals surface area contributed by atoms with Crippen molar-refractivity contribution >= 4 is 17.5 Å². The van der Waals surface area contributed by atoms with Crippen LogP contribution in [0.25, 0.3) is 0 Å². The molecule has 6 nitrogen and oxygen atoms in total. The Morgan fingerprint density at radius 1 is 1.43 bits per heavy atom. The van der Waals surface area contributed by atoms with Crippen LogP contribution >= 0.6 is 0 Å². The van der Waals surface area contributed by atoms with Gasteiger partial charge in [0.25, 0.3) is 5.91 Å². The van der Waals surface area contributed by atoms with Crippen LogP contribution < -0.4 is 15.5 Å². The van der Waals surface area contributed by atoms with Crippen LogP contribution in [0.4, 0.5) is 4.39 Å². The molecule has 0 bridgehead atoms. The summed E-state index contributed by atoms with van der Waals surface area (Å²) in [6, 6.07) is 4.76. The van der Waals surface area contributed by atoms with Crippen LogP contribution in [-0.4, -0.2) is 30.2 Å². The zero-order chi connectivity index (χ0) is 16.8. The molecule has 1 heterocycles. The van der Waals surface area contributed by atoms with Gasteiger partial charge in [0.2, 0.25) is 5.91 Å². The number of nitrogens with one attached hydrogen (secondary N) is 2. The Kier molecular flexibility index (Phi) is 5.67. The summed E-state index contributed by atoms with van der Waals surface area (Å²) in [6.07, 6.45) is 0.985. The Labute approximate surface area is 134 Å². The standard InChI is InChI=1S/C16H20FN3O3/c1-10(2)23-14-5-3-11(9-12(14)17)7-8-18-16(22)13-4-6-15(21)20-19-13/h3,5,9-10H,4,6-8H2,1-2H3,(H,18,22)(H,20,21). The fourth-order valence-corrected chi connectivity index (χ4v) is 2.11. The molecule has 0 radical (unpaired) electrons. The number of ether oxygens (including phenoxy) is 1. The molecule has 23 heavy (non-hydrogen) atoms. The second-order valence-electron chi connectivity index (χ2n) is 5.53. The van der Waals surface area contributed by atoms with Crippen LogP contribution in [-0.2, 0) is 16.0 Å². The molecule has 7 heteroatoms. The maximum atomic E-state index is 13.9. The Morgan fingerprint density at radius 2 is 2.22 bits per heavy atom. The molecule has 2 amide bonds. The monoisotopic (exact) mass is 321 g/mol. The molecule has 0 saturated heterocycles. The van der Waals surface area contributed by atoms with E-state index in [4.69, 9.17) is 4.74 Å². The van der Waals surface area contributed by atoms with E-state index in [0.717, 1.165) is 5.56 Å². The van der Waals surface area contributed by atoms with Crippen molar-refractivity contribution in [1.82, 2.24) is 10.7 Å². The zero-order valence-electron chi connectivity index (χ0n) is 13.2. The minimum Gasteiger partial charge on any atom is -0.488 e. The van der Waals surface area contributed by atoms with Gasteiger partial charge in [-0.05, 0) is 38.0 Å². The van der Waals surface area contributed by atoms with E-state index >= 15 is 0 Å². The third kappa shape index (κ3) is 5.05. The van der Waals surface area contributed by atoms with Crippen molar-refractivity contribution in [2.75, 3.05) is 6.54 Å². The first-order valence-electron chi connectivity index (χ1n) is 7.54. The molecule has 2 N–H and O–H groups in total. The lowest BCUT2D eigenvalue weighted by Crippen LogP contribution is -2.37. The molecule has 124 valence electrons. The highest BCUT2D eigenvalue weighted by molar-refractivity contribution is 6.39. The molecule has 0 aromatic heterocycles. The van der Waals surface area contributed by atoms with Gasteiger partial charge in [-0.3, -0.25) is 9.59 Å². The number of halogens is 1. The van der Waals surface area contributed by atoms with Crippen LogP contribution in [0.5, 0.6) is 5.75 Å². The number of hydrogen-bond donors (Lipinski definition) is 2.